The first-order chi connectivity index (χ1) is 13.6. The van der Waals surface area contributed by atoms with Gasteiger partial charge in [-0.3, -0.25) is 9.59 Å². The topological polar surface area (TPSA) is 179 Å². The fourth-order valence-electron chi connectivity index (χ4n) is 2.30. The lowest BCUT2D eigenvalue weighted by Crippen LogP contribution is -2.32. The van der Waals surface area contributed by atoms with E-state index in [4.69, 9.17) is 30.0 Å². The molecule has 156 valence electrons. The summed E-state index contributed by atoms with van der Waals surface area (Å²) in [7, 11) is -4.42. The summed E-state index contributed by atoms with van der Waals surface area (Å²) in [6.07, 6.45) is 0.160. The predicted molar refractivity (Wildman–Crippen MR) is 102 cm³/mol. The molecule has 2 rings (SSSR count). The van der Waals surface area contributed by atoms with Gasteiger partial charge in [-0.15, -0.1) is 8.42 Å². The van der Waals surface area contributed by atoms with Gasteiger partial charge in [0.25, 0.3) is 0 Å². The maximum Gasteiger partial charge on any atom is 0.500 e. The van der Waals surface area contributed by atoms with Crippen molar-refractivity contribution in [3.05, 3.63) is 59.7 Å². The Bertz CT molecular complexity index is 885. The van der Waals surface area contributed by atoms with Crippen LogP contribution in [0.25, 0.3) is 0 Å². The molecule has 0 heterocycles. The van der Waals surface area contributed by atoms with Gasteiger partial charge in [-0.1, -0.05) is 24.3 Å². The Hall–Kier alpha value is -3.15. The van der Waals surface area contributed by atoms with Gasteiger partial charge in [0.15, 0.2) is 0 Å². The fraction of sp³-hybridized carbons (Fsp3) is 0.222. The maximum atomic E-state index is 12.0. The summed E-state index contributed by atoms with van der Waals surface area (Å²) in [6, 6.07) is 9.23. The molecule has 0 fully saturated rings. The number of hydrogen-bond donors (Lipinski definition) is 4. The van der Waals surface area contributed by atoms with E-state index in [0.29, 0.717) is 11.1 Å². The van der Waals surface area contributed by atoms with Crippen LogP contribution < -0.4 is 19.8 Å². The molecule has 0 radical (unpaired) electrons. The molecule has 10 nitrogen and oxygen atoms in total. The van der Waals surface area contributed by atoms with Crippen molar-refractivity contribution in [2.75, 3.05) is 0 Å². The number of aliphatic carboxylic acids is 2. The first-order valence-electron chi connectivity index (χ1n) is 8.34. The molecule has 0 saturated heterocycles. The van der Waals surface area contributed by atoms with Crippen LogP contribution in [0.3, 0.4) is 0 Å². The lowest BCUT2D eigenvalue weighted by atomic mass is 10.1. The van der Waals surface area contributed by atoms with Crippen LogP contribution in [0.1, 0.15) is 11.1 Å². The summed E-state index contributed by atoms with van der Waals surface area (Å²) in [4.78, 5) is 21.5. The maximum absolute atomic E-state index is 12.0. The van der Waals surface area contributed by atoms with E-state index in [2.05, 4.69) is 0 Å². The van der Waals surface area contributed by atoms with Gasteiger partial charge in [-0.25, -0.2) is 0 Å². The van der Waals surface area contributed by atoms with Crippen molar-refractivity contribution in [1.82, 2.24) is 0 Å². The van der Waals surface area contributed by atoms with Crippen LogP contribution >= 0.6 is 0 Å². The standard InChI is InChI=1S/C18H20N2O8S/c19-15(17(21)22)9-11-1-5-13(6-2-11)27-29(25,26)28-14-7-3-12(4-8-14)10-16(20)18(23)24/h1-8,15-16H,9-10,19-20H2,(H,21,22)(H,23,24). The van der Waals surface area contributed by atoms with E-state index in [0.717, 1.165) is 0 Å². The molecule has 0 amide bonds. The minimum absolute atomic E-state index is 0.0262. The lowest BCUT2D eigenvalue weighted by Gasteiger charge is -2.10. The Morgan fingerprint density at radius 3 is 1.34 bits per heavy atom. The van der Waals surface area contributed by atoms with E-state index in [1.807, 2.05) is 0 Å². The van der Waals surface area contributed by atoms with Crippen molar-refractivity contribution < 1.29 is 36.6 Å². The van der Waals surface area contributed by atoms with Crippen molar-refractivity contribution in [2.24, 2.45) is 11.5 Å². The number of nitrogens with two attached hydrogens (primary N) is 2. The smallest absolute Gasteiger partial charge is 0.480 e. The molecule has 0 aliphatic heterocycles. The van der Waals surface area contributed by atoms with Crippen LogP contribution in [-0.2, 0) is 32.8 Å². The molecule has 11 heteroatoms. The number of carbonyl (C=O) groups is 2. The van der Waals surface area contributed by atoms with Gasteiger partial charge in [0, 0.05) is 0 Å². The van der Waals surface area contributed by atoms with Gasteiger partial charge in [0.05, 0.1) is 0 Å². The summed E-state index contributed by atoms with van der Waals surface area (Å²) in [6.45, 7) is 0. The van der Waals surface area contributed by atoms with Gasteiger partial charge in [0.2, 0.25) is 0 Å². The third-order valence-corrected chi connectivity index (χ3v) is 4.58. The molecule has 2 atom stereocenters. The number of hydrogen-bond acceptors (Lipinski definition) is 8. The minimum Gasteiger partial charge on any atom is -0.480 e. The number of benzene rings is 2. The molecular formula is C18H20N2O8S. The zero-order valence-electron chi connectivity index (χ0n) is 15.1. The molecule has 2 unspecified atom stereocenters. The van der Waals surface area contributed by atoms with Crippen LogP contribution in [-0.4, -0.2) is 42.7 Å². The van der Waals surface area contributed by atoms with E-state index in [1.54, 1.807) is 0 Å². The Morgan fingerprint density at radius 2 is 1.07 bits per heavy atom. The Morgan fingerprint density at radius 1 is 0.759 bits per heavy atom. The highest BCUT2D eigenvalue weighted by Crippen LogP contribution is 2.19. The van der Waals surface area contributed by atoms with Crippen LogP contribution in [0.4, 0.5) is 0 Å². The molecule has 29 heavy (non-hydrogen) atoms. The second-order valence-corrected chi connectivity index (χ2v) is 7.31. The predicted octanol–water partition coefficient (Wildman–Crippen LogP) is 0.298. The third-order valence-electron chi connectivity index (χ3n) is 3.79. The van der Waals surface area contributed by atoms with Crippen molar-refractivity contribution in [2.45, 2.75) is 24.9 Å². The first kappa shape index (κ1) is 22.1. The zero-order chi connectivity index (χ0) is 21.6. The normalized spacial score (nSPS) is 13.3. The summed E-state index contributed by atoms with van der Waals surface area (Å²) >= 11 is 0. The highest BCUT2D eigenvalue weighted by molar-refractivity contribution is 7.82. The largest absolute Gasteiger partial charge is 0.500 e. The minimum atomic E-state index is -4.42. The van der Waals surface area contributed by atoms with Crippen molar-refractivity contribution in [1.29, 1.82) is 0 Å². The van der Waals surface area contributed by atoms with E-state index in [9.17, 15) is 18.0 Å². The molecule has 0 aliphatic rings. The molecule has 2 aromatic rings. The lowest BCUT2D eigenvalue weighted by molar-refractivity contribution is -0.139. The van der Waals surface area contributed by atoms with E-state index in [-0.39, 0.29) is 24.3 Å². The third kappa shape index (κ3) is 7.07. The highest BCUT2D eigenvalue weighted by Gasteiger charge is 2.17. The van der Waals surface area contributed by atoms with Crippen LogP contribution in [0.5, 0.6) is 11.5 Å². The van der Waals surface area contributed by atoms with Gasteiger partial charge in [0.1, 0.15) is 23.6 Å². The molecule has 0 spiro atoms. The van der Waals surface area contributed by atoms with Gasteiger partial charge >= 0.3 is 22.3 Å². The summed E-state index contributed by atoms with van der Waals surface area (Å²) in [5.41, 5.74) is 12.1. The van der Waals surface area contributed by atoms with Crippen LogP contribution in [0, 0.1) is 0 Å². The fourth-order valence-corrected chi connectivity index (χ4v) is 3.03. The summed E-state index contributed by atoms with van der Waals surface area (Å²) in [5.74, 6) is -2.34. The van der Waals surface area contributed by atoms with Crippen LogP contribution in [0.2, 0.25) is 0 Å². The van der Waals surface area contributed by atoms with Crippen molar-refractivity contribution in [3.63, 3.8) is 0 Å². The van der Waals surface area contributed by atoms with E-state index < -0.39 is 34.4 Å². The highest BCUT2D eigenvalue weighted by atomic mass is 32.3. The first-order valence-corrected chi connectivity index (χ1v) is 9.67. The Kier molecular flexibility index (Phi) is 7.15. The monoisotopic (exact) mass is 424 g/mol. The van der Waals surface area contributed by atoms with Crippen molar-refractivity contribution in [3.8, 4) is 11.5 Å². The summed E-state index contributed by atoms with van der Waals surface area (Å²) < 4.78 is 33.8. The number of carboxylic acids is 2. The molecule has 6 N–H and O–H groups in total. The molecule has 0 bridgehead atoms. The molecule has 0 saturated carbocycles. The van der Waals surface area contributed by atoms with Gasteiger partial charge < -0.3 is 30.0 Å². The SMILES string of the molecule is NC(Cc1ccc(OS(=O)(=O)Oc2ccc(CC(N)C(=O)O)cc2)cc1)C(=O)O. The average molecular weight is 424 g/mol. The number of carboxylic acid groups (broad SMARTS) is 2. The summed E-state index contributed by atoms with van der Waals surface area (Å²) in [5, 5.41) is 17.6. The quantitative estimate of drug-likeness (QED) is 0.414. The van der Waals surface area contributed by atoms with E-state index >= 15 is 0 Å². The molecule has 2 aromatic carbocycles. The second kappa shape index (κ2) is 9.37. The zero-order valence-corrected chi connectivity index (χ0v) is 15.9. The average Bonchev–Trinajstić information content (AvgIpc) is 2.64. The number of rotatable bonds is 10. The van der Waals surface area contributed by atoms with Crippen LogP contribution in [0.15, 0.2) is 48.5 Å². The Balaban J connectivity index is 1.97. The molecule has 0 aromatic heterocycles. The Labute approximate surface area is 167 Å². The van der Waals surface area contributed by atoms with Gasteiger partial charge in [-0.05, 0) is 48.2 Å². The molecular weight excluding hydrogens is 404 g/mol. The second-order valence-electron chi connectivity index (χ2n) is 6.16. The van der Waals surface area contributed by atoms with E-state index in [1.165, 1.54) is 48.5 Å². The van der Waals surface area contributed by atoms with Gasteiger partial charge in [-0.2, -0.15) is 0 Å². The molecule has 0 aliphatic carbocycles. The van der Waals surface area contributed by atoms with Crippen molar-refractivity contribution >= 4 is 22.3 Å².